The second-order valence-electron chi connectivity index (χ2n) is 4.80. The van der Waals surface area contributed by atoms with Crippen molar-refractivity contribution in [2.75, 3.05) is 0 Å². The molecule has 1 aliphatic rings. The van der Waals surface area contributed by atoms with Gasteiger partial charge < -0.3 is 9.40 Å². The van der Waals surface area contributed by atoms with Crippen LogP contribution in [-0.4, -0.2) is 9.97 Å². The Hall–Kier alpha value is -1.77. The minimum absolute atomic E-state index is 0.294. The fourth-order valence-electron chi connectivity index (χ4n) is 2.40. The molecule has 2 unspecified atom stereocenters. The van der Waals surface area contributed by atoms with Crippen molar-refractivity contribution in [3.05, 3.63) is 47.4 Å². The van der Waals surface area contributed by atoms with Crippen molar-refractivity contribution >= 4 is 6.08 Å². The van der Waals surface area contributed by atoms with Gasteiger partial charge in [-0.25, -0.2) is 4.98 Å². The van der Waals surface area contributed by atoms with Crippen LogP contribution >= 0.6 is 0 Å². The van der Waals surface area contributed by atoms with Gasteiger partial charge in [0.1, 0.15) is 5.76 Å². The second-order valence-corrected chi connectivity index (χ2v) is 4.80. The van der Waals surface area contributed by atoms with Crippen LogP contribution in [0, 0.1) is 5.92 Å². The molecule has 0 saturated carbocycles. The van der Waals surface area contributed by atoms with Crippen LogP contribution in [-0.2, 0) is 6.42 Å². The maximum Gasteiger partial charge on any atom is 0.111 e. The number of aromatic amines is 1. The van der Waals surface area contributed by atoms with Crippen LogP contribution in [0.15, 0.2) is 29.3 Å². The zero-order chi connectivity index (χ0) is 11.8. The fraction of sp³-hybridized carbons (Fsp3) is 0.357. The Kier molecular flexibility index (Phi) is 2.39. The molecule has 2 heterocycles. The number of hydrogen-bond acceptors (Lipinski definition) is 2. The molecule has 17 heavy (non-hydrogen) atoms. The average molecular weight is 228 g/mol. The first-order chi connectivity index (χ1) is 8.25. The minimum Gasteiger partial charge on any atom is -0.468 e. The highest BCUT2D eigenvalue weighted by molar-refractivity contribution is 5.59. The van der Waals surface area contributed by atoms with Gasteiger partial charge in [-0.2, -0.15) is 0 Å². The number of hydrogen-bond donors (Lipinski definition) is 1. The van der Waals surface area contributed by atoms with Crippen LogP contribution in [0.5, 0.6) is 0 Å². The predicted molar refractivity (Wildman–Crippen MR) is 66.7 cm³/mol. The maximum atomic E-state index is 5.69. The summed E-state index contributed by atoms with van der Waals surface area (Å²) in [4.78, 5) is 7.24. The first kappa shape index (κ1) is 10.4. The van der Waals surface area contributed by atoms with E-state index in [-0.39, 0.29) is 0 Å². The topological polar surface area (TPSA) is 41.8 Å². The van der Waals surface area contributed by atoms with Gasteiger partial charge in [-0.15, -0.1) is 0 Å². The van der Waals surface area contributed by atoms with E-state index in [1.54, 1.807) is 6.33 Å². The van der Waals surface area contributed by atoms with E-state index in [1.165, 1.54) is 11.1 Å². The molecule has 3 nitrogen and oxygen atoms in total. The highest BCUT2D eigenvalue weighted by Crippen LogP contribution is 2.33. The first-order valence-corrected chi connectivity index (χ1v) is 6.02. The Morgan fingerprint density at radius 3 is 3.18 bits per heavy atom. The molecule has 0 amide bonds. The number of fused-ring (bicyclic) bond motifs is 1. The fourth-order valence-corrected chi connectivity index (χ4v) is 2.40. The van der Waals surface area contributed by atoms with E-state index in [0.717, 1.165) is 17.9 Å². The summed E-state index contributed by atoms with van der Waals surface area (Å²) in [5.74, 6) is 1.98. The number of aromatic nitrogens is 2. The molecule has 88 valence electrons. The normalized spacial score (nSPS) is 20.2. The van der Waals surface area contributed by atoms with Gasteiger partial charge in [-0.05, 0) is 5.92 Å². The number of nitrogens with zero attached hydrogens (tertiary/aromatic N) is 1. The van der Waals surface area contributed by atoms with E-state index >= 15 is 0 Å². The molecular weight excluding hydrogens is 212 g/mol. The Morgan fingerprint density at radius 1 is 1.53 bits per heavy atom. The molecule has 2 aromatic heterocycles. The van der Waals surface area contributed by atoms with Crippen molar-refractivity contribution in [2.45, 2.75) is 26.2 Å². The summed E-state index contributed by atoms with van der Waals surface area (Å²) in [5.41, 5.74) is 3.62. The smallest absolute Gasteiger partial charge is 0.111 e. The predicted octanol–water partition coefficient (Wildman–Crippen LogP) is 3.36. The number of furan rings is 1. The lowest BCUT2D eigenvalue weighted by molar-refractivity contribution is 0.481. The van der Waals surface area contributed by atoms with Crippen LogP contribution < -0.4 is 0 Å². The van der Waals surface area contributed by atoms with Crippen molar-refractivity contribution in [3.8, 4) is 0 Å². The summed E-state index contributed by atoms with van der Waals surface area (Å²) in [6.07, 6.45) is 10.9. The standard InChI is InChI=1S/C14H16N2O/c1-9-3-4-11-12(7-17-14(11)5-9)10(2)13-6-15-8-16-13/h3-4,6-10H,5H2,1-2H3,(H,15,16). The quantitative estimate of drug-likeness (QED) is 0.856. The van der Waals surface area contributed by atoms with Gasteiger partial charge >= 0.3 is 0 Å². The molecule has 1 N–H and O–H groups in total. The van der Waals surface area contributed by atoms with Crippen LogP contribution in [0.3, 0.4) is 0 Å². The summed E-state index contributed by atoms with van der Waals surface area (Å²) in [6.45, 7) is 4.38. The van der Waals surface area contributed by atoms with Crippen LogP contribution in [0.1, 0.15) is 42.3 Å². The van der Waals surface area contributed by atoms with Crippen molar-refractivity contribution in [2.24, 2.45) is 5.92 Å². The molecule has 0 spiro atoms. The number of allylic oxidation sites excluding steroid dienone is 1. The zero-order valence-electron chi connectivity index (χ0n) is 10.1. The first-order valence-electron chi connectivity index (χ1n) is 6.02. The minimum atomic E-state index is 0.294. The molecule has 2 aromatic rings. The van der Waals surface area contributed by atoms with Crippen LogP contribution in [0.4, 0.5) is 0 Å². The molecular formula is C14H16N2O. The second kappa shape index (κ2) is 3.91. The summed E-state index contributed by atoms with van der Waals surface area (Å²) >= 11 is 0. The van der Waals surface area contributed by atoms with E-state index in [9.17, 15) is 0 Å². The molecule has 2 atom stereocenters. The zero-order valence-corrected chi connectivity index (χ0v) is 10.1. The van der Waals surface area contributed by atoms with Crippen LogP contribution in [0.2, 0.25) is 0 Å². The van der Waals surface area contributed by atoms with E-state index in [2.05, 4.69) is 36.0 Å². The Morgan fingerprint density at radius 2 is 2.41 bits per heavy atom. The van der Waals surface area contributed by atoms with E-state index in [4.69, 9.17) is 4.42 Å². The van der Waals surface area contributed by atoms with Crippen molar-refractivity contribution in [3.63, 3.8) is 0 Å². The van der Waals surface area contributed by atoms with Gasteiger partial charge in [0, 0.05) is 35.4 Å². The summed E-state index contributed by atoms with van der Waals surface area (Å²) in [7, 11) is 0. The third-order valence-corrected chi connectivity index (χ3v) is 3.49. The van der Waals surface area contributed by atoms with Gasteiger partial charge in [-0.1, -0.05) is 26.0 Å². The molecule has 3 heteroatoms. The Bertz CT molecular complexity index is 537. The molecule has 0 fully saturated rings. The number of rotatable bonds is 2. The third kappa shape index (κ3) is 1.71. The van der Waals surface area contributed by atoms with Crippen molar-refractivity contribution in [1.29, 1.82) is 0 Å². The Balaban J connectivity index is 1.99. The third-order valence-electron chi connectivity index (χ3n) is 3.49. The summed E-state index contributed by atoms with van der Waals surface area (Å²) < 4.78 is 5.69. The van der Waals surface area contributed by atoms with E-state index < -0.39 is 0 Å². The highest BCUT2D eigenvalue weighted by Gasteiger charge is 2.21. The monoisotopic (exact) mass is 228 g/mol. The van der Waals surface area contributed by atoms with Crippen molar-refractivity contribution < 1.29 is 4.42 Å². The average Bonchev–Trinajstić information content (AvgIpc) is 2.96. The molecule has 0 radical (unpaired) electrons. The van der Waals surface area contributed by atoms with Gasteiger partial charge in [0.2, 0.25) is 0 Å². The van der Waals surface area contributed by atoms with Crippen LogP contribution in [0.25, 0.3) is 6.08 Å². The van der Waals surface area contributed by atoms with Gasteiger partial charge in [0.05, 0.1) is 12.6 Å². The molecule has 0 saturated heterocycles. The van der Waals surface area contributed by atoms with Gasteiger partial charge in [0.25, 0.3) is 0 Å². The van der Waals surface area contributed by atoms with E-state index in [1.807, 2.05) is 12.5 Å². The highest BCUT2D eigenvalue weighted by atomic mass is 16.3. The Labute approximate surface area is 101 Å². The summed E-state index contributed by atoms with van der Waals surface area (Å²) in [5, 5.41) is 0. The molecule has 0 aliphatic heterocycles. The largest absolute Gasteiger partial charge is 0.468 e. The molecule has 3 rings (SSSR count). The van der Waals surface area contributed by atoms with Gasteiger partial charge in [-0.3, -0.25) is 0 Å². The number of nitrogens with one attached hydrogen (secondary N) is 1. The van der Waals surface area contributed by atoms with Crippen molar-refractivity contribution in [1.82, 2.24) is 9.97 Å². The lowest BCUT2D eigenvalue weighted by Crippen LogP contribution is -2.03. The number of H-pyrrole nitrogens is 1. The molecule has 0 aromatic carbocycles. The SMILES string of the molecule is CC1C=Cc2c(C(C)c3cnc[nH]3)coc2C1. The lowest BCUT2D eigenvalue weighted by Gasteiger charge is -2.13. The maximum absolute atomic E-state index is 5.69. The lowest BCUT2D eigenvalue weighted by atomic mass is 9.90. The van der Waals surface area contributed by atoms with E-state index in [0.29, 0.717) is 11.8 Å². The van der Waals surface area contributed by atoms with Gasteiger partial charge in [0.15, 0.2) is 0 Å². The summed E-state index contributed by atoms with van der Waals surface area (Å²) in [6, 6.07) is 0. The molecule has 1 aliphatic carbocycles. The number of imidazole rings is 1. The molecule has 0 bridgehead atoms.